The summed E-state index contributed by atoms with van der Waals surface area (Å²) in [5.74, 6) is 0.814. The van der Waals surface area contributed by atoms with E-state index in [1.807, 2.05) is 4.90 Å². The van der Waals surface area contributed by atoms with E-state index in [4.69, 9.17) is 0 Å². The fourth-order valence-corrected chi connectivity index (χ4v) is 3.50. The van der Waals surface area contributed by atoms with Crippen LogP contribution in [-0.4, -0.2) is 28.9 Å². The molecule has 2 fully saturated rings. The van der Waals surface area contributed by atoms with Crippen LogP contribution in [-0.2, 0) is 0 Å². The lowest BCUT2D eigenvalue weighted by atomic mass is 9.75. The highest BCUT2D eigenvalue weighted by Gasteiger charge is 2.33. The second-order valence-electron chi connectivity index (χ2n) is 5.71. The number of amides is 1. The second-order valence-corrected chi connectivity index (χ2v) is 5.71. The van der Waals surface area contributed by atoms with Gasteiger partial charge in [-0.2, -0.15) is 4.39 Å². The Balaban J connectivity index is 1.71. The first-order valence-corrected chi connectivity index (χ1v) is 7.15. The molecule has 3 rings (SSSR count). The highest BCUT2D eigenvalue weighted by molar-refractivity contribution is 5.94. The van der Waals surface area contributed by atoms with Gasteiger partial charge in [0.2, 0.25) is 5.95 Å². The quantitative estimate of drug-likeness (QED) is 0.729. The van der Waals surface area contributed by atoms with E-state index >= 15 is 0 Å². The molecule has 1 saturated heterocycles. The van der Waals surface area contributed by atoms with Crippen molar-refractivity contribution in [2.24, 2.45) is 11.8 Å². The minimum atomic E-state index is -0.585. The van der Waals surface area contributed by atoms with Gasteiger partial charge in [0, 0.05) is 30.9 Å². The van der Waals surface area contributed by atoms with Crippen molar-refractivity contribution >= 4 is 5.91 Å². The average Bonchev–Trinajstić information content (AvgIpc) is 2.46. The van der Waals surface area contributed by atoms with Crippen molar-refractivity contribution in [3.63, 3.8) is 0 Å². The molecule has 0 spiro atoms. The van der Waals surface area contributed by atoms with E-state index in [2.05, 4.69) is 4.98 Å². The summed E-state index contributed by atoms with van der Waals surface area (Å²) in [5, 5.41) is 0. The monoisotopic (exact) mass is 262 g/mol. The van der Waals surface area contributed by atoms with Crippen LogP contribution in [0.15, 0.2) is 18.3 Å². The summed E-state index contributed by atoms with van der Waals surface area (Å²) in [5.41, 5.74) is 0.418. The molecule has 2 unspecified atom stereocenters. The third kappa shape index (κ3) is 2.62. The zero-order valence-electron chi connectivity index (χ0n) is 11.0. The van der Waals surface area contributed by atoms with E-state index < -0.39 is 5.95 Å². The van der Waals surface area contributed by atoms with Gasteiger partial charge < -0.3 is 4.90 Å². The molecule has 0 N–H and O–H groups in total. The Morgan fingerprint density at radius 2 is 2.05 bits per heavy atom. The molecule has 0 aromatic carbocycles. The van der Waals surface area contributed by atoms with Gasteiger partial charge in [-0.15, -0.1) is 0 Å². The number of nitrogens with zero attached hydrogens (tertiary/aromatic N) is 2. The number of rotatable bonds is 1. The number of fused-ring (bicyclic) bond motifs is 1. The van der Waals surface area contributed by atoms with Gasteiger partial charge in [0.25, 0.3) is 5.91 Å². The van der Waals surface area contributed by atoms with Crippen LogP contribution in [0.3, 0.4) is 0 Å². The van der Waals surface area contributed by atoms with Gasteiger partial charge in [-0.05, 0) is 30.7 Å². The maximum absolute atomic E-state index is 13.1. The van der Waals surface area contributed by atoms with Gasteiger partial charge in [-0.3, -0.25) is 4.79 Å². The molecule has 1 saturated carbocycles. The molecule has 1 aromatic heterocycles. The van der Waals surface area contributed by atoms with Crippen LogP contribution >= 0.6 is 0 Å². The molecule has 1 aliphatic heterocycles. The first kappa shape index (κ1) is 12.6. The molecule has 1 amide bonds. The number of pyridine rings is 1. The first-order chi connectivity index (χ1) is 9.24. The normalized spacial score (nSPS) is 26.9. The Hall–Kier alpha value is -1.45. The van der Waals surface area contributed by atoms with Crippen LogP contribution in [0.4, 0.5) is 4.39 Å². The summed E-state index contributed by atoms with van der Waals surface area (Å²) in [4.78, 5) is 17.7. The van der Waals surface area contributed by atoms with Crippen LogP contribution in [0.25, 0.3) is 0 Å². The van der Waals surface area contributed by atoms with Crippen molar-refractivity contribution in [2.75, 3.05) is 13.1 Å². The van der Waals surface area contributed by atoms with Gasteiger partial charge >= 0.3 is 0 Å². The molecule has 2 aliphatic rings. The third-order valence-corrected chi connectivity index (χ3v) is 4.55. The molecular formula is C15H19FN2O. The Morgan fingerprint density at radius 1 is 1.26 bits per heavy atom. The van der Waals surface area contributed by atoms with Crippen LogP contribution in [0, 0.1) is 17.8 Å². The lowest BCUT2D eigenvalue weighted by molar-refractivity contribution is 0.0520. The summed E-state index contributed by atoms with van der Waals surface area (Å²) in [6, 6.07) is 2.83. The molecule has 0 bridgehead atoms. The van der Waals surface area contributed by atoms with Crippen molar-refractivity contribution in [3.05, 3.63) is 29.8 Å². The van der Waals surface area contributed by atoms with Gasteiger partial charge in [0.05, 0.1) is 0 Å². The third-order valence-electron chi connectivity index (χ3n) is 4.55. The lowest BCUT2D eigenvalue weighted by Gasteiger charge is -2.41. The molecule has 1 aliphatic carbocycles. The minimum Gasteiger partial charge on any atom is -0.338 e. The molecular weight excluding hydrogens is 243 g/mol. The summed E-state index contributed by atoms with van der Waals surface area (Å²) in [7, 11) is 0. The summed E-state index contributed by atoms with van der Waals surface area (Å²) in [6.07, 6.45) is 7.63. The predicted octanol–water partition coefficient (Wildman–Crippen LogP) is 2.87. The number of aromatic nitrogens is 1. The Kier molecular flexibility index (Phi) is 3.49. The first-order valence-electron chi connectivity index (χ1n) is 7.15. The zero-order valence-corrected chi connectivity index (χ0v) is 11.0. The van der Waals surface area contributed by atoms with Crippen molar-refractivity contribution < 1.29 is 9.18 Å². The molecule has 3 nitrogen and oxygen atoms in total. The largest absolute Gasteiger partial charge is 0.338 e. The predicted molar refractivity (Wildman–Crippen MR) is 70.2 cm³/mol. The van der Waals surface area contributed by atoms with E-state index in [0.717, 1.165) is 25.4 Å². The highest BCUT2D eigenvalue weighted by atomic mass is 19.1. The minimum absolute atomic E-state index is 0.0506. The van der Waals surface area contributed by atoms with Crippen LogP contribution < -0.4 is 0 Å². The molecule has 2 atom stereocenters. The SMILES string of the molecule is O=C(c1ccnc(F)c1)N1CCC2CCCCC2C1. The van der Waals surface area contributed by atoms with Gasteiger partial charge in [0.1, 0.15) is 0 Å². The fourth-order valence-electron chi connectivity index (χ4n) is 3.50. The zero-order chi connectivity index (χ0) is 13.2. The Morgan fingerprint density at radius 3 is 2.84 bits per heavy atom. The Labute approximate surface area is 112 Å². The van der Waals surface area contributed by atoms with Crippen molar-refractivity contribution in [2.45, 2.75) is 32.1 Å². The topological polar surface area (TPSA) is 33.2 Å². The molecule has 1 aromatic rings. The standard InChI is InChI=1S/C15H19FN2O/c16-14-9-12(5-7-17-14)15(19)18-8-6-11-3-1-2-4-13(11)10-18/h5,7,9,11,13H,1-4,6,8,10H2. The highest BCUT2D eigenvalue weighted by Crippen LogP contribution is 2.36. The smallest absolute Gasteiger partial charge is 0.254 e. The second kappa shape index (κ2) is 5.27. The average molecular weight is 262 g/mol. The van der Waals surface area contributed by atoms with Crippen molar-refractivity contribution in [3.8, 4) is 0 Å². The van der Waals surface area contributed by atoms with Gasteiger partial charge in [-0.25, -0.2) is 4.98 Å². The van der Waals surface area contributed by atoms with Crippen LogP contribution in [0.5, 0.6) is 0 Å². The number of hydrogen-bond donors (Lipinski definition) is 0. The summed E-state index contributed by atoms with van der Waals surface area (Å²) >= 11 is 0. The van der Waals surface area contributed by atoms with Gasteiger partial charge in [0.15, 0.2) is 0 Å². The van der Waals surface area contributed by atoms with E-state index in [1.165, 1.54) is 37.9 Å². The van der Waals surface area contributed by atoms with Gasteiger partial charge in [-0.1, -0.05) is 19.3 Å². The van der Waals surface area contributed by atoms with Crippen LogP contribution in [0.2, 0.25) is 0 Å². The number of carbonyl (C=O) groups is 1. The number of carbonyl (C=O) groups excluding carboxylic acids is 1. The number of hydrogen-bond acceptors (Lipinski definition) is 2. The van der Waals surface area contributed by atoms with E-state index in [9.17, 15) is 9.18 Å². The van der Waals surface area contributed by atoms with Crippen molar-refractivity contribution in [1.29, 1.82) is 0 Å². The molecule has 19 heavy (non-hydrogen) atoms. The maximum atomic E-state index is 13.1. The fraction of sp³-hybridized carbons (Fsp3) is 0.600. The Bertz CT molecular complexity index is 477. The van der Waals surface area contributed by atoms with E-state index in [1.54, 1.807) is 6.07 Å². The summed E-state index contributed by atoms with van der Waals surface area (Å²) in [6.45, 7) is 1.65. The molecule has 4 heteroatoms. The number of piperidine rings is 1. The molecule has 2 heterocycles. The maximum Gasteiger partial charge on any atom is 0.254 e. The van der Waals surface area contributed by atoms with E-state index in [-0.39, 0.29) is 5.91 Å². The lowest BCUT2D eigenvalue weighted by Crippen LogP contribution is -2.44. The number of likely N-dealkylation sites (tertiary alicyclic amines) is 1. The van der Waals surface area contributed by atoms with Crippen molar-refractivity contribution in [1.82, 2.24) is 9.88 Å². The van der Waals surface area contributed by atoms with E-state index in [0.29, 0.717) is 11.5 Å². The molecule has 102 valence electrons. The number of halogens is 1. The molecule has 0 radical (unpaired) electrons. The van der Waals surface area contributed by atoms with Crippen LogP contribution in [0.1, 0.15) is 42.5 Å². The summed E-state index contributed by atoms with van der Waals surface area (Å²) < 4.78 is 13.1.